The molecule has 0 aliphatic rings. The number of benzene rings is 2. The molecular formula is C22H28N2O2. The lowest BCUT2D eigenvalue weighted by Crippen LogP contribution is -2.39. The Labute approximate surface area is 156 Å². The van der Waals surface area contributed by atoms with Gasteiger partial charge in [0.25, 0.3) is 0 Å². The minimum absolute atomic E-state index is 0.0134. The normalized spacial score (nSPS) is 12.3. The van der Waals surface area contributed by atoms with Crippen molar-refractivity contribution in [2.24, 2.45) is 0 Å². The first-order valence-corrected chi connectivity index (χ1v) is 8.99. The zero-order valence-corrected chi connectivity index (χ0v) is 16.2. The summed E-state index contributed by atoms with van der Waals surface area (Å²) in [5, 5.41) is 2.91. The van der Waals surface area contributed by atoms with E-state index in [2.05, 4.69) is 43.4 Å². The fraction of sp³-hybridized carbons (Fsp3) is 0.364. The second-order valence-corrected chi connectivity index (χ2v) is 7.11. The van der Waals surface area contributed by atoms with Crippen LogP contribution in [-0.2, 0) is 11.3 Å². The number of nitrogens with zero attached hydrogens (tertiary/aromatic N) is 1. The van der Waals surface area contributed by atoms with Crippen LogP contribution in [-0.4, -0.2) is 29.7 Å². The van der Waals surface area contributed by atoms with E-state index in [1.54, 1.807) is 24.3 Å². The van der Waals surface area contributed by atoms with Crippen LogP contribution in [0.3, 0.4) is 0 Å². The van der Waals surface area contributed by atoms with Gasteiger partial charge in [-0.1, -0.05) is 38.1 Å². The largest absolute Gasteiger partial charge is 0.325 e. The molecule has 0 aromatic heterocycles. The number of likely N-dealkylation sites (N-methyl/N-ethyl adjacent to an activating group) is 1. The van der Waals surface area contributed by atoms with E-state index in [4.69, 9.17) is 0 Å². The van der Waals surface area contributed by atoms with Crippen LogP contribution in [0.15, 0.2) is 48.5 Å². The number of nitrogens with one attached hydrogen (secondary N) is 1. The van der Waals surface area contributed by atoms with Gasteiger partial charge >= 0.3 is 0 Å². The van der Waals surface area contributed by atoms with Gasteiger partial charge in [-0.05, 0) is 62.2 Å². The molecule has 0 unspecified atom stereocenters. The molecule has 1 N–H and O–H groups in total. The van der Waals surface area contributed by atoms with Crippen LogP contribution in [0.5, 0.6) is 0 Å². The van der Waals surface area contributed by atoms with Crippen LogP contribution in [0.4, 0.5) is 5.69 Å². The Balaban J connectivity index is 1.94. The number of hydrogen-bond acceptors (Lipinski definition) is 3. The van der Waals surface area contributed by atoms with Gasteiger partial charge in [-0.2, -0.15) is 0 Å². The zero-order chi connectivity index (χ0) is 19.3. The lowest BCUT2D eigenvalue weighted by molar-refractivity contribution is -0.120. The summed E-state index contributed by atoms with van der Waals surface area (Å²) in [5.41, 5.74) is 3.83. The fourth-order valence-corrected chi connectivity index (χ4v) is 2.67. The molecule has 4 nitrogen and oxygen atoms in total. The Morgan fingerprint density at radius 3 is 2.04 bits per heavy atom. The summed E-state index contributed by atoms with van der Waals surface area (Å²) >= 11 is 0. The summed E-state index contributed by atoms with van der Waals surface area (Å²) in [4.78, 5) is 25.8. The summed E-state index contributed by atoms with van der Waals surface area (Å²) in [6.45, 7) is 8.48. The van der Waals surface area contributed by atoms with Crippen LogP contribution in [0, 0.1) is 0 Å². The minimum Gasteiger partial charge on any atom is -0.325 e. The molecule has 1 atom stereocenters. The van der Waals surface area contributed by atoms with Crippen molar-refractivity contribution in [3.8, 4) is 0 Å². The molecule has 1 amide bonds. The van der Waals surface area contributed by atoms with E-state index >= 15 is 0 Å². The number of anilines is 1. The molecule has 2 aromatic carbocycles. The third-order valence-corrected chi connectivity index (χ3v) is 4.68. The molecule has 0 spiro atoms. The maximum atomic E-state index is 12.5. The Bertz CT molecular complexity index is 749. The number of rotatable bonds is 7. The van der Waals surface area contributed by atoms with Crippen molar-refractivity contribution < 1.29 is 9.59 Å². The van der Waals surface area contributed by atoms with Crippen LogP contribution >= 0.6 is 0 Å². The van der Waals surface area contributed by atoms with Crippen molar-refractivity contribution in [3.05, 3.63) is 65.2 Å². The van der Waals surface area contributed by atoms with Gasteiger partial charge in [0.1, 0.15) is 0 Å². The van der Waals surface area contributed by atoms with Crippen molar-refractivity contribution >= 4 is 17.4 Å². The first-order valence-electron chi connectivity index (χ1n) is 8.99. The number of carbonyl (C=O) groups excluding carboxylic acids is 2. The van der Waals surface area contributed by atoms with Gasteiger partial charge in [-0.15, -0.1) is 0 Å². The van der Waals surface area contributed by atoms with E-state index in [1.807, 2.05) is 18.9 Å². The molecule has 26 heavy (non-hydrogen) atoms. The summed E-state index contributed by atoms with van der Waals surface area (Å²) in [7, 11) is 1.94. The average Bonchev–Trinajstić information content (AvgIpc) is 2.61. The second-order valence-electron chi connectivity index (χ2n) is 7.11. The van der Waals surface area contributed by atoms with Gasteiger partial charge in [0.2, 0.25) is 5.91 Å². The number of Topliss-reactive ketones (excluding diaryl/α,β-unsaturated/α-hetero) is 1. The molecule has 2 aromatic rings. The summed E-state index contributed by atoms with van der Waals surface area (Å²) in [6, 6.07) is 15.2. The van der Waals surface area contributed by atoms with Crippen molar-refractivity contribution in [1.29, 1.82) is 0 Å². The van der Waals surface area contributed by atoms with E-state index in [1.165, 1.54) is 18.1 Å². The zero-order valence-electron chi connectivity index (χ0n) is 16.2. The van der Waals surface area contributed by atoms with Gasteiger partial charge < -0.3 is 5.32 Å². The highest BCUT2D eigenvalue weighted by molar-refractivity contribution is 5.96. The third-order valence-electron chi connectivity index (χ3n) is 4.68. The van der Waals surface area contributed by atoms with Crippen LogP contribution in [0.1, 0.15) is 55.1 Å². The van der Waals surface area contributed by atoms with Gasteiger partial charge in [0.15, 0.2) is 5.78 Å². The molecule has 0 heterocycles. The van der Waals surface area contributed by atoms with Crippen molar-refractivity contribution in [2.45, 2.75) is 46.2 Å². The van der Waals surface area contributed by atoms with Crippen molar-refractivity contribution in [2.75, 3.05) is 12.4 Å². The minimum atomic E-state index is -0.271. The van der Waals surface area contributed by atoms with Gasteiger partial charge in [-0.25, -0.2) is 0 Å². The van der Waals surface area contributed by atoms with Crippen molar-refractivity contribution in [3.63, 3.8) is 0 Å². The highest BCUT2D eigenvalue weighted by Crippen LogP contribution is 2.16. The number of hydrogen-bond donors (Lipinski definition) is 1. The molecule has 0 saturated carbocycles. The molecule has 0 radical (unpaired) electrons. The Morgan fingerprint density at radius 1 is 0.962 bits per heavy atom. The van der Waals surface area contributed by atoms with E-state index in [-0.39, 0.29) is 17.7 Å². The monoisotopic (exact) mass is 352 g/mol. The highest BCUT2D eigenvalue weighted by Gasteiger charge is 2.18. The lowest BCUT2D eigenvalue weighted by atomic mass is 10.0. The molecule has 0 aliphatic carbocycles. The molecule has 2 rings (SSSR count). The molecule has 0 aliphatic heterocycles. The van der Waals surface area contributed by atoms with Crippen LogP contribution < -0.4 is 5.32 Å². The predicted molar refractivity (Wildman–Crippen MR) is 107 cm³/mol. The first-order chi connectivity index (χ1) is 12.3. The quantitative estimate of drug-likeness (QED) is 0.748. The lowest BCUT2D eigenvalue weighted by Gasteiger charge is -2.24. The van der Waals surface area contributed by atoms with Gasteiger partial charge in [0.05, 0.1) is 6.04 Å². The van der Waals surface area contributed by atoms with E-state index in [0.717, 1.165) is 0 Å². The average molecular weight is 352 g/mol. The Morgan fingerprint density at radius 2 is 1.54 bits per heavy atom. The predicted octanol–water partition coefficient (Wildman–Crippen LogP) is 4.47. The summed E-state index contributed by atoms with van der Waals surface area (Å²) in [6.07, 6.45) is 0. The SMILES string of the molecule is CC(=O)c1ccc(NC(=O)[C@@H](C)N(C)Cc2ccc(C(C)C)cc2)cc1. The number of amides is 1. The van der Waals surface area contributed by atoms with Crippen LogP contribution in [0.2, 0.25) is 0 Å². The maximum absolute atomic E-state index is 12.5. The van der Waals surface area contributed by atoms with E-state index < -0.39 is 0 Å². The first kappa shape index (κ1) is 19.9. The summed E-state index contributed by atoms with van der Waals surface area (Å²) < 4.78 is 0. The van der Waals surface area contributed by atoms with Gasteiger partial charge in [0, 0.05) is 17.8 Å². The number of carbonyl (C=O) groups is 2. The Hall–Kier alpha value is -2.46. The van der Waals surface area contributed by atoms with Crippen molar-refractivity contribution in [1.82, 2.24) is 4.90 Å². The van der Waals surface area contributed by atoms with E-state index in [9.17, 15) is 9.59 Å². The van der Waals surface area contributed by atoms with Gasteiger partial charge in [-0.3, -0.25) is 14.5 Å². The molecule has 0 fully saturated rings. The maximum Gasteiger partial charge on any atom is 0.241 e. The summed E-state index contributed by atoms with van der Waals surface area (Å²) in [5.74, 6) is 0.460. The van der Waals surface area contributed by atoms with Crippen LogP contribution in [0.25, 0.3) is 0 Å². The fourth-order valence-electron chi connectivity index (χ4n) is 2.67. The molecule has 4 heteroatoms. The standard InChI is InChI=1S/C22H28N2O2/c1-15(2)19-8-6-18(7-9-19)14-24(5)16(3)22(26)23-21-12-10-20(11-13-21)17(4)25/h6-13,15-16H,14H2,1-5H3,(H,23,26)/t16-/m1/s1. The Kier molecular flexibility index (Phi) is 6.70. The third kappa shape index (κ3) is 5.27. The molecule has 0 bridgehead atoms. The molecular weight excluding hydrogens is 324 g/mol. The van der Waals surface area contributed by atoms with E-state index in [0.29, 0.717) is 23.7 Å². The topological polar surface area (TPSA) is 49.4 Å². The smallest absolute Gasteiger partial charge is 0.241 e. The number of ketones is 1. The second kappa shape index (κ2) is 8.77. The molecule has 0 saturated heterocycles. The highest BCUT2D eigenvalue weighted by atomic mass is 16.2. The molecule has 138 valence electrons.